The van der Waals surface area contributed by atoms with Crippen LogP contribution in [-0.2, 0) is 4.79 Å². The Kier molecular flexibility index (Phi) is 6.51. The van der Waals surface area contributed by atoms with E-state index in [2.05, 4.69) is 20.4 Å². The first-order chi connectivity index (χ1) is 12.9. The van der Waals surface area contributed by atoms with Crippen molar-refractivity contribution in [1.82, 2.24) is 0 Å². The van der Waals surface area contributed by atoms with Crippen molar-refractivity contribution in [3.05, 3.63) is 53.9 Å². The van der Waals surface area contributed by atoms with Crippen LogP contribution in [0.1, 0.15) is 52.5 Å². The van der Waals surface area contributed by atoms with Gasteiger partial charge in [-0.05, 0) is 52.5 Å². The van der Waals surface area contributed by atoms with E-state index in [9.17, 15) is 24.5 Å². The third-order valence-electron chi connectivity index (χ3n) is 5.54. The fourth-order valence-electron chi connectivity index (χ4n) is 4.81. The molecular formula is C23H31FO4. The highest BCUT2D eigenvalue weighted by atomic mass is 19.1. The predicted octanol–water partition coefficient (Wildman–Crippen LogP) is 4.42. The van der Waals surface area contributed by atoms with Gasteiger partial charge in [-0.3, -0.25) is 4.79 Å². The van der Waals surface area contributed by atoms with E-state index in [0.717, 1.165) is 17.6 Å². The molecule has 0 aliphatic heterocycles. The first kappa shape index (κ1) is 22.3. The molecule has 0 radical (unpaired) electrons. The van der Waals surface area contributed by atoms with Crippen LogP contribution in [0.3, 0.4) is 0 Å². The van der Waals surface area contributed by atoms with E-state index < -0.39 is 29.5 Å². The molecule has 1 aliphatic carbocycles. The maximum atomic E-state index is 13.5. The van der Waals surface area contributed by atoms with Gasteiger partial charge in [-0.1, -0.05) is 45.9 Å². The highest BCUT2D eigenvalue weighted by Crippen LogP contribution is 2.54. The average molecular weight is 390 g/mol. The normalized spacial score (nSPS) is 21.7. The van der Waals surface area contributed by atoms with Crippen LogP contribution < -0.4 is 0 Å². The van der Waals surface area contributed by atoms with Crippen LogP contribution in [0, 0.1) is 22.6 Å². The zero-order valence-corrected chi connectivity index (χ0v) is 17.1. The molecule has 3 N–H and O–H groups in total. The third-order valence-corrected chi connectivity index (χ3v) is 5.54. The Labute approximate surface area is 166 Å². The Morgan fingerprint density at radius 1 is 1.21 bits per heavy atom. The molecule has 2 rings (SSSR count). The molecule has 0 fully saturated rings. The number of carbonyl (C=O) groups is 1. The first-order valence-corrected chi connectivity index (χ1v) is 9.59. The number of carboxylic acids is 1. The van der Waals surface area contributed by atoms with Crippen LogP contribution in [0.2, 0.25) is 0 Å². The number of halogens is 1. The van der Waals surface area contributed by atoms with Crippen molar-refractivity contribution < 1.29 is 24.5 Å². The lowest BCUT2D eigenvalue weighted by Crippen LogP contribution is -2.41. The summed E-state index contributed by atoms with van der Waals surface area (Å²) in [5.41, 5.74) is 1.68. The molecule has 28 heavy (non-hydrogen) atoms. The fraction of sp³-hybridized carbons (Fsp3) is 0.522. The molecular weight excluding hydrogens is 359 g/mol. The maximum absolute atomic E-state index is 13.5. The first-order valence-electron chi connectivity index (χ1n) is 9.59. The second-order valence-electron chi connectivity index (χ2n) is 9.22. The minimum absolute atomic E-state index is 0.0780. The molecule has 0 bridgehead atoms. The summed E-state index contributed by atoms with van der Waals surface area (Å²) < 4.78 is 13.5. The molecule has 1 aromatic rings. The fourth-order valence-corrected chi connectivity index (χ4v) is 4.81. The Morgan fingerprint density at radius 3 is 2.29 bits per heavy atom. The largest absolute Gasteiger partial charge is 0.481 e. The van der Waals surface area contributed by atoms with Gasteiger partial charge in [0.15, 0.2) is 0 Å². The Bertz CT molecular complexity index is 761. The minimum atomic E-state index is -1.27. The quantitative estimate of drug-likeness (QED) is 0.602. The van der Waals surface area contributed by atoms with E-state index in [1.54, 1.807) is 12.1 Å². The van der Waals surface area contributed by atoms with Gasteiger partial charge in [-0.2, -0.15) is 0 Å². The highest BCUT2D eigenvalue weighted by molar-refractivity contribution is 5.82. The molecule has 3 atom stereocenters. The molecule has 1 aliphatic rings. The van der Waals surface area contributed by atoms with Crippen LogP contribution in [0.15, 0.2) is 42.5 Å². The summed E-state index contributed by atoms with van der Waals surface area (Å²) in [6, 6.07) is 6.04. The summed E-state index contributed by atoms with van der Waals surface area (Å²) in [5.74, 6) is -2.66. The maximum Gasteiger partial charge on any atom is 0.313 e. The average Bonchev–Trinajstić information content (AvgIpc) is 2.55. The lowest BCUT2D eigenvalue weighted by atomic mass is 9.58. The van der Waals surface area contributed by atoms with Crippen LogP contribution in [0.5, 0.6) is 0 Å². The lowest BCUT2D eigenvalue weighted by molar-refractivity contribution is -0.145. The zero-order chi connectivity index (χ0) is 21.3. The van der Waals surface area contributed by atoms with Crippen molar-refractivity contribution in [2.45, 2.75) is 59.2 Å². The van der Waals surface area contributed by atoms with E-state index in [1.807, 2.05) is 13.8 Å². The number of hydrogen-bond donors (Lipinski definition) is 3. The molecule has 3 unspecified atom stereocenters. The number of hydrogen-bond acceptors (Lipinski definition) is 3. The van der Waals surface area contributed by atoms with Crippen LogP contribution in [0.4, 0.5) is 4.39 Å². The number of aliphatic carboxylic acids is 1. The van der Waals surface area contributed by atoms with Crippen molar-refractivity contribution in [3.8, 4) is 0 Å². The minimum Gasteiger partial charge on any atom is -0.481 e. The molecule has 0 aromatic heterocycles. The van der Waals surface area contributed by atoms with Gasteiger partial charge in [0.25, 0.3) is 0 Å². The molecule has 5 heteroatoms. The van der Waals surface area contributed by atoms with Gasteiger partial charge in [0.05, 0.1) is 12.2 Å². The summed E-state index contributed by atoms with van der Waals surface area (Å²) in [6.07, 6.45) is 0.289. The van der Waals surface area contributed by atoms with Crippen molar-refractivity contribution in [2.75, 3.05) is 0 Å². The second kappa shape index (κ2) is 8.18. The number of aliphatic hydroxyl groups is 2. The number of allylic oxidation sites excluding steroid dienone is 1. The van der Waals surface area contributed by atoms with E-state index >= 15 is 0 Å². The zero-order valence-electron chi connectivity index (χ0n) is 17.1. The Hall–Kier alpha value is -1.98. The smallest absolute Gasteiger partial charge is 0.313 e. The summed E-state index contributed by atoms with van der Waals surface area (Å²) in [7, 11) is 0. The molecule has 0 saturated carbocycles. The number of carboxylic acid groups (broad SMARTS) is 1. The van der Waals surface area contributed by atoms with Gasteiger partial charge >= 0.3 is 5.97 Å². The van der Waals surface area contributed by atoms with Crippen molar-refractivity contribution >= 4 is 11.5 Å². The van der Waals surface area contributed by atoms with E-state index in [1.165, 1.54) is 18.2 Å². The van der Waals surface area contributed by atoms with Crippen molar-refractivity contribution in [2.24, 2.45) is 16.7 Å². The number of aliphatic hydroxyl groups excluding tert-OH is 2. The summed E-state index contributed by atoms with van der Waals surface area (Å²) in [5, 5.41) is 30.6. The number of benzene rings is 1. The van der Waals surface area contributed by atoms with Gasteiger partial charge in [0.1, 0.15) is 11.7 Å². The monoisotopic (exact) mass is 390 g/mol. The van der Waals surface area contributed by atoms with E-state index in [-0.39, 0.29) is 17.7 Å². The third kappa shape index (κ3) is 4.89. The molecule has 0 amide bonds. The molecule has 0 heterocycles. The van der Waals surface area contributed by atoms with Gasteiger partial charge in [-0.25, -0.2) is 4.39 Å². The lowest BCUT2D eigenvalue weighted by Gasteiger charge is -2.46. The standard InChI is InChI=1S/C23H31FO4/c1-6-16(25)11-18(26)19(21(27)28)20-17(14-7-9-15(24)10-8-14)12-22(2,3)13-23(20,4)5/h6-10,16,18-19,25-26H,1,11-13H2,2-5H3,(H,27,28). The highest BCUT2D eigenvalue weighted by Gasteiger charge is 2.46. The second-order valence-corrected chi connectivity index (χ2v) is 9.22. The van der Waals surface area contributed by atoms with Gasteiger partial charge in [0, 0.05) is 6.42 Å². The van der Waals surface area contributed by atoms with Crippen molar-refractivity contribution in [3.63, 3.8) is 0 Å². The summed E-state index contributed by atoms with van der Waals surface area (Å²) in [6.45, 7) is 11.7. The van der Waals surface area contributed by atoms with E-state index in [4.69, 9.17) is 0 Å². The number of rotatable bonds is 7. The van der Waals surface area contributed by atoms with Gasteiger partial charge in [0.2, 0.25) is 0 Å². The van der Waals surface area contributed by atoms with Crippen LogP contribution in [-0.4, -0.2) is 33.5 Å². The molecule has 154 valence electrons. The predicted molar refractivity (Wildman–Crippen MR) is 108 cm³/mol. The van der Waals surface area contributed by atoms with Crippen LogP contribution >= 0.6 is 0 Å². The topological polar surface area (TPSA) is 77.8 Å². The summed E-state index contributed by atoms with van der Waals surface area (Å²) in [4.78, 5) is 12.2. The van der Waals surface area contributed by atoms with Gasteiger partial charge < -0.3 is 15.3 Å². The Morgan fingerprint density at radius 2 is 1.79 bits per heavy atom. The van der Waals surface area contributed by atoms with Crippen LogP contribution in [0.25, 0.3) is 5.57 Å². The SMILES string of the molecule is C=CC(O)CC(O)C(C(=O)O)C1=C(c2ccc(F)cc2)CC(C)(C)CC1(C)C. The molecule has 0 saturated heterocycles. The molecule has 1 aromatic carbocycles. The Balaban J connectivity index is 2.69. The molecule has 4 nitrogen and oxygen atoms in total. The molecule has 0 spiro atoms. The van der Waals surface area contributed by atoms with E-state index in [0.29, 0.717) is 12.0 Å². The summed E-state index contributed by atoms with van der Waals surface area (Å²) >= 11 is 0. The van der Waals surface area contributed by atoms with Gasteiger partial charge in [-0.15, -0.1) is 6.58 Å². The van der Waals surface area contributed by atoms with Crippen molar-refractivity contribution in [1.29, 1.82) is 0 Å².